The molecule has 25 heavy (non-hydrogen) atoms. The quantitative estimate of drug-likeness (QED) is 0.401. The standard InChI is InChI=1S/C14H19N5O6/c15-13-16-10-7(11(23)17-13)18(3-5-1-2-5)14(24)19(10)12-9(22)8(21)6(4-20)25-12/h5-6,8-9,12,20-22H,1-4H2,(H3,15,16,17,23)/t6-,8+,9-,12-/m1/s1. The summed E-state index contributed by atoms with van der Waals surface area (Å²) in [6, 6.07) is 0. The highest BCUT2D eigenvalue weighted by atomic mass is 16.6. The molecule has 0 spiro atoms. The third-order valence-corrected chi connectivity index (χ3v) is 4.74. The predicted molar refractivity (Wildman–Crippen MR) is 84.8 cm³/mol. The van der Waals surface area contributed by atoms with Gasteiger partial charge in [0.1, 0.15) is 18.3 Å². The van der Waals surface area contributed by atoms with Crippen LogP contribution >= 0.6 is 0 Å². The molecule has 1 saturated heterocycles. The summed E-state index contributed by atoms with van der Waals surface area (Å²) in [5.74, 6) is 0.125. The first-order chi connectivity index (χ1) is 11.9. The molecule has 1 aliphatic heterocycles. The van der Waals surface area contributed by atoms with E-state index in [0.717, 1.165) is 17.4 Å². The Bertz CT molecular complexity index is 928. The zero-order chi connectivity index (χ0) is 17.9. The Morgan fingerprint density at radius 1 is 1.28 bits per heavy atom. The number of aromatic amines is 1. The van der Waals surface area contributed by atoms with Crippen LogP contribution in [0.5, 0.6) is 0 Å². The Kier molecular flexibility index (Phi) is 3.68. The average Bonchev–Trinajstić information content (AvgIpc) is 3.28. The van der Waals surface area contributed by atoms with E-state index in [-0.39, 0.29) is 17.1 Å². The molecule has 2 aromatic rings. The van der Waals surface area contributed by atoms with Crippen LogP contribution < -0.4 is 17.0 Å². The number of aliphatic hydroxyl groups is 3. The molecule has 2 fully saturated rings. The third-order valence-electron chi connectivity index (χ3n) is 4.74. The number of hydrogen-bond donors (Lipinski definition) is 5. The van der Waals surface area contributed by atoms with E-state index in [0.29, 0.717) is 12.5 Å². The van der Waals surface area contributed by atoms with E-state index in [1.165, 1.54) is 4.57 Å². The predicted octanol–water partition coefficient (Wildman–Crippen LogP) is -2.51. The van der Waals surface area contributed by atoms with E-state index in [4.69, 9.17) is 10.5 Å². The fourth-order valence-electron chi connectivity index (χ4n) is 3.25. The van der Waals surface area contributed by atoms with Crippen molar-refractivity contribution in [3.05, 3.63) is 20.8 Å². The number of nitrogens with zero attached hydrogens (tertiary/aromatic N) is 3. The minimum atomic E-state index is -1.46. The molecule has 0 bridgehead atoms. The van der Waals surface area contributed by atoms with Gasteiger partial charge in [0.15, 0.2) is 17.4 Å². The monoisotopic (exact) mass is 353 g/mol. The van der Waals surface area contributed by atoms with Gasteiger partial charge in [-0.1, -0.05) is 0 Å². The molecule has 0 aromatic carbocycles. The summed E-state index contributed by atoms with van der Waals surface area (Å²) in [4.78, 5) is 31.6. The van der Waals surface area contributed by atoms with E-state index in [9.17, 15) is 24.9 Å². The summed E-state index contributed by atoms with van der Waals surface area (Å²) in [7, 11) is 0. The first kappa shape index (κ1) is 16.3. The van der Waals surface area contributed by atoms with Gasteiger partial charge in [-0.15, -0.1) is 0 Å². The van der Waals surface area contributed by atoms with Gasteiger partial charge in [-0.3, -0.25) is 14.3 Å². The van der Waals surface area contributed by atoms with Gasteiger partial charge >= 0.3 is 5.69 Å². The van der Waals surface area contributed by atoms with Crippen LogP contribution in [0.4, 0.5) is 5.95 Å². The fraction of sp³-hybridized carbons (Fsp3) is 0.643. The molecule has 11 heteroatoms. The summed E-state index contributed by atoms with van der Waals surface area (Å²) in [5, 5.41) is 29.4. The molecule has 4 atom stereocenters. The Balaban J connectivity index is 1.93. The number of aliphatic hydroxyl groups excluding tert-OH is 3. The maximum Gasteiger partial charge on any atom is 0.332 e. The lowest BCUT2D eigenvalue weighted by molar-refractivity contribution is -0.0528. The lowest BCUT2D eigenvalue weighted by Crippen LogP contribution is -2.36. The van der Waals surface area contributed by atoms with Gasteiger partial charge in [-0.2, -0.15) is 4.98 Å². The maximum absolute atomic E-state index is 12.9. The van der Waals surface area contributed by atoms with Crippen molar-refractivity contribution >= 4 is 17.1 Å². The molecule has 3 heterocycles. The van der Waals surface area contributed by atoms with Gasteiger partial charge in [-0.05, 0) is 18.8 Å². The fourth-order valence-corrected chi connectivity index (χ4v) is 3.25. The summed E-state index contributed by atoms with van der Waals surface area (Å²) in [6.07, 6.45) is -3.23. The van der Waals surface area contributed by atoms with Crippen LogP contribution in [-0.2, 0) is 11.3 Å². The number of H-pyrrole nitrogens is 1. The number of nitrogens with two attached hydrogens (primary N) is 1. The third kappa shape index (κ3) is 2.47. The van der Waals surface area contributed by atoms with Crippen molar-refractivity contribution in [3.63, 3.8) is 0 Å². The van der Waals surface area contributed by atoms with Crippen LogP contribution in [0, 0.1) is 5.92 Å². The summed E-state index contributed by atoms with van der Waals surface area (Å²) >= 11 is 0. The highest BCUT2D eigenvalue weighted by Crippen LogP contribution is 2.33. The van der Waals surface area contributed by atoms with E-state index in [2.05, 4.69) is 9.97 Å². The van der Waals surface area contributed by atoms with Gasteiger partial charge in [0.25, 0.3) is 5.56 Å². The number of anilines is 1. The molecule has 4 rings (SSSR count). The highest BCUT2D eigenvalue weighted by molar-refractivity contribution is 5.71. The van der Waals surface area contributed by atoms with Crippen molar-refractivity contribution in [1.29, 1.82) is 0 Å². The van der Waals surface area contributed by atoms with Crippen molar-refractivity contribution in [1.82, 2.24) is 19.1 Å². The van der Waals surface area contributed by atoms with Crippen molar-refractivity contribution in [2.75, 3.05) is 12.3 Å². The Morgan fingerprint density at radius 3 is 2.60 bits per heavy atom. The molecule has 136 valence electrons. The molecule has 6 N–H and O–H groups in total. The average molecular weight is 353 g/mol. The van der Waals surface area contributed by atoms with Crippen molar-refractivity contribution in [3.8, 4) is 0 Å². The SMILES string of the molecule is Nc1nc2c(c(=O)[nH]1)n(CC1CC1)c(=O)n2[C@@H]1O[C@H](CO)[C@H](O)[C@H]1O. The van der Waals surface area contributed by atoms with Crippen molar-refractivity contribution in [2.24, 2.45) is 5.92 Å². The van der Waals surface area contributed by atoms with Gasteiger partial charge in [0.05, 0.1) is 6.61 Å². The minimum absolute atomic E-state index is 0.0262. The molecule has 2 aromatic heterocycles. The smallest absolute Gasteiger partial charge is 0.332 e. The lowest BCUT2D eigenvalue weighted by atomic mass is 10.1. The number of nitrogen functional groups attached to an aromatic ring is 1. The molecule has 1 aliphatic carbocycles. The van der Waals surface area contributed by atoms with Gasteiger partial charge in [0.2, 0.25) is 5.95 Å². The van der Waals surface area contributed by atoms with E-state index < -0.39 is 42.4 Å². The first-order valence-electron chi connectivity index (χ1n) is 8.05. The molecule has 11 nitrogen and oxygen atoms in total. The Labute approximate surface area is 140 Å². The number of nitrogens with one attached hydrogen (secondary N) is 1. The van der Waals surface area contributed by atoms with Gasteiger partial charge in [-0.25, -0.2) is 9.36 Å². The van der Waals surface area contributed by atoms with E-state index in [1.807, 2.05) is 0 Å². The summed E-state index contributed by atoms with van der Waals surface area (Å²) < 4.78 is 7.75. The van der Waals surface area contributed by atoms with Crippen molar-refractivity contribution in [2.45, 2.75) is 43.9 Å². The maximum atomic E-state index is 12.9. The second-order valence-electron chi connectivity index (χ2n) is 6.56. The number of imidazole rings is 1. The number of aromatic nitrogens is 4. The molecule has 0 unspecified atom stereocenters. The Morgan fingerprint density at radius 2 is 2.00 bits per heavy atom. The lowest BCUT2D eigenvalue weighted by Gasteiger charge is -2.15. The van der Waals surface area contributed by atoms with Crippen LogP contribution in [0.15, 0.2) is 9.59 Å². The zero-order valence-corrected chi connectivity index (χ0v) is 13.2. The number of ether oxygens (including phenoxy) is 1. The van der Waals surface area contributed by atoms with Gasteiger partial charge in [0, 0.05) is 6.54 Å². The second kappa shape index (κ2) is 5.66. The van der Waals surface area contributed by atoms with Crippen LogP contribution in [0.1, 0.15) is 19.1 Å². The molecular weight excluding hydrogens is 334 g/mol. The zero-order valence-electron chi connectivity index (χ0n) is 13.2. The normalized spacial score (nSPS) is 29.6. The Hall–Kier alpha value is -2.21. The van der Waals surface area contributed by atoms with Crippen LogP contribution in [0.2, 0.25) is 0 Å². The minimum Gasteiger partial charge on any atom is -0.394 e. The summed E-state index contributed by atoms with van der Waals surface area (Å²) in [5.41, 5.74) is 4.47. The summed E-state index contributed by atoms with van der Waals surface area (Å²) in [6.45, 7) is -0.174. The van der Waals surface area contributed by atoms with Crippen LogP contribution in [0.25, 0.3) is 11.2 Å². The molecule has 0 amide bonds. The van der Waals surface area contributed by atoms with Gasteiger partial charge < -0.3 is 25.8 Å². The van der Waals surface area contributed by atoms with Crippen molar-refractivity contribution < 1.29 is 20.1 Å². The van der Waals surface area contributed by atoms with Crippen LogP contribution in [0.3, 0.4) is 0 Å². The first-order valence-corrected chi connectivity index (χ1v) is 8.05. The molecule has 2 aliphatic rings. The second-order valence-corrected chi connectivity index (χ2v) is 6.56. The van der Waals surface area contributed by atoms with Crippen LogP contribution in [-0.4, -0.2) is 59.3 Å². The molecular formula is C14H19N5O6. The highest BCUT2D eigenvalue weighted by Gasteiger charge is 2.45. The molecule has 1 saturated carbocycles. The number of hydrogen-bond acceptors (Lipinski definition) is 8. The van der Waals surface area contributed by atoms with E-state index in [1.54, 1.807) is 0 Å². The number of fused-ring (bicyclic) bond motifs is 1. The largest absolute Gasteiger partial charge is 0.394 e. The number of rotatable bonds is 4. The van der Waals surface area contributed by atoms with E-state index >= 15 is 0 Å². The molecule has 0 radical (unpaired) electrons. The topological polar surface area (TPSA) is 169 Å².